The van der Waals surface area contributed by atoms with Crippen molar-refractivity contribution in [1.82, 2.24) is 9.97 Å². The van der Waals surface area contributed by atoms with E-state index in [2.05, 4.69) is 15.3 Å². The molecule has 0 unspecified atom stereocenters. The number of aromatic nitrogens is 2. The van der Waals surface area contributed by atoms with Gasteiger partial charge in [0.25, 0.3) is 5.91 Å². The minimum Gasteiger partial charge on any atom is -0.366 e. The van der Waals surface area contributed by atoms with E-state index in [1.54, 1.807) is 61.1 Å². The van der Waals surface area contributed by atoms with Crippen LogP contribution in [0, 0.1) is 0 Å². The Morgan fingerprint density at radius 2 is 1.77 bits per heavy atom. The molecule has 3 N–H and O–H groups in total. The molecule has 0 aliphatic heterocycles. The van der Waals surface area contributed by atoms with Crippen LogP contribution in [-0.4, -0.2) is 21.8 Å². The lowest BCUT2D eigenvalue weighted by Gasteiger charge is -2.13. The quantitative estimate of drug-likeness (QED) is 0.476. The van der Waals surface area contributed by atoms with Gasteiger partial charge in [0.1, 0.15) is 0 Å². The van der Waals surface area contributed by atoms with Gasteiger partial charge >= 0.3 is 0 Å². The summed E-state index contributed by atoms with van der Waals surface area (Å²) in [5.74, 6) is -0.923. The van der Waals surface area contributed by atoms with E-state index in [1.165, 1.54) is 0 Å². The van der Waals surface area contributed by atoms with Crippen molar-refractivity contribution in [2.45, 2.75) is 0 Å². The zero-order chi connectivity index (χ0) is 21.8. The SMILES string of the molecule is NC(=O)c1ccc(C(=O)Nc2cccnc2)cc1-c1ccc(Cl)c(-c2ccccn2)c1. The Bertz CT molecular complexity index is 1260. The van der Waals surface area contributed by atoms with Crippen molar-refractivity contribution < 1.29 is 9.59 Å². The smallest absolute Gasteiger partial charge is 0.255 e. The van der Waals surface area contributed by atoms with Gasteiger partial charge in [0.15, 0.2) is 0 Å². The van der Waals surface area contributed by atoms with E-state index in [9.17, 15) is 9.59 Å². The zero-order valence-corrected chi connectivity index (χ0v) is 17.0. The highest BCUT2D eigenvalue weighted by Gasteiger charge is 2.16. The molecule has 7 heteroatoms. The van der Waals surface area contributed by atoms with Gasteiger partial charge in [0, 0.05) is 34.1 Å². The van der Waals surface area contributed by atoms with E-state index in [4.69, 9.17) is 17.3 Å². The molecule has 0 aliphatic carbocycles. The second kappa shape index (κ2) is 8.77. The lowest BCUT2D eigenvalue weighted by Crippen LogP contribution is -2.15. The number of hydrogen-bond acceptors (Lipinski definition) is 4. The van der Waals surface area contributed by atoms with Crippen molar-refractivity contribution in [3.05, 3.63) is 101 Å². The topological polar surface area (TPSA) is 98.0 Å². The summed E-state index contributed by atoms with van der Waals surface area (Å²) in [5.41, 5.74) is 9.45. The van der Waals surface area contributed by atoms with Crippen LogP contribution in [0.5, 0.6) is 0 Å². The third-order valence-corrected chi connectivity index (χ3v) is 5.01. The number of hydrogen-bond donors (Lipinski definition) is 2. The standard InChI is InChI=1S/C24H17ClN4O2/c25-21-9-7-15(12-20(21)22-5-1-2-11-28-22)19-13-16(6-8-18(19)23(26)30)24(31)29-17-4-3-10-27-14-17/h1-14H,(H2,26,30)(H,29,31). The molecule has 31 heavy (non-hydrogen) atoms. The third kappa shape index (κ3) is 4.44. The van der Waals surface area contributed by atoms with Crippen molar-refractivity contribution in [3.63, 3.8) is 0 Å². The molecule has 0 radical (unpaired) electrons. The molecule has 152 valence electrons. The van der Waals surface area contributed by atoms with Gasteiger partial charge < -0.3 is 11.1 Å². The maximum Gasteiger partial charge on any atom is 0.255 e. The molecular weight excluding hydrogens is 412 g/mol. The van der Waals surface area contributed by atoms with Crippen LogP contribution in [0.1, 0.15) is 20.7 Å². The van der Waals surface area contributed by atoms with Gasteiger partial charge in [-0.1, -0.05) is 23.7 Å². The number of rotatable bonds is 5. The number of amides is 2. The van der Waals surface area contributed by atoms with Crippen molar-refractivity contribution >= 4 is 29.1 Å². The van der Waals surface area contributed by atoms with Crippen LogP contribution in [0.25, 0.3) is 22.4 Å². The minimum absolute atomic E-state index is 0.298. The van der Waals surface area contributed by atoms with Crippen LogP contribution in [0.15, 0.2) is 85.3 Å². The Hall–Kier alpha value is -4.03. The number of carbonyl (C=O) groups is 2. The van der Waals surface area contributed by atoms with Gasteiger partial charge in [-0.25, -0.2) is 0 Å². The largest absolute Gasteiger partial charge is 0.366 e. The number of carbonyl (C=O) groups excluding carboxylic acids is 2. The first-order valence-electron chi connectivity index (χ1n) is 9.39. The maximum absolute atomic E-state index is 12.7. The van der Waals surface area contributed by atoms with Crippen LogP contribution in [0.4, 0.5) is 5.69 Å². The molecule has 6 nitrogen and oxygen atoms in total. The Balaban J connectivity index is 1.77. The van der Waals surface area contributed by atoms with E-state index < -0.39 is 5.91 Å². The highest BCUT2D eigenvalue weighted by Crippen LogP contribution is 2.33. The van der Waals surface area contributed by atoms with Crippen molar-refractivity contribution in [2.24, 2.45) is 5.73 Å². The molecule has 2 aromatic heterocycles. The summed E-state index contributed by atoms with van der Waals surface area (Å²) in [6.07, 6.45) is 4.85. The van der Waals surface area contributed by atoms with E-state index >= 15 is 0 Å². The van der Waals surface area contributed by atoms with Gasteiger partial charge in [-0.05, 0) is 65.7 Å². The highest BCUT2D eigenvalue weighted by molar-refractivity contribution is 6.33. The summed E-state index contributed by atoms with van der Waals surface area (Å²) in [4.78, 5) is 33.1. The second-order valence-corrected chi connectivity index (χ2v) is 7.14. The van der Waals surface area contributed by atoms with Crippen LogP contribution in [0.2, 0.25) is 5.02 Å². The normalized spacial score (nSPS) is 10.5. The molecule has 2 aromatic carbocycles. The maximum atomic E-state index is 12.7. The predicted octanol–water partition coefficient (Wildman–Crippen LogP) is 4.82. The van der Waals surface area contributed by atoms with Crippen molar-refractivity contribution in [2.75, 3.05) is 5.32 Å². The average molecular weight is 429 g/mol. The van der Waals surface area contributed by atoms with Gasteiger partial charge in [-0.3, -0.25) is 19.6 Å². The van der Waals surface area contributed by atoms with E-state index in [0.29, 0.717) is 44.2 Å². The molecule has 4 rings (SSSR count). The first-order chi connectivity index (χ1) is 15.0. The number of benzene rings is 2. The lowest BCUT2D eigenvalue weighted by atomic mass is 9.94. The van der Waals surface area contributed by atoms with Crippen molar-refractivity contribution in [1.29, 1.82) is 0 Å². The Kier molecular flexibility index (Phi) is 5.73. The zero-order valence-electron chi connectivity index (χ0n) is 16.2. The third-order valence-electron chi connectivity index (χ3n) is 4.68. The number of primary amides is 1. The number of nitrogens with two attached hydrogens (primary N) is 1. The molecule has 0 saturated carbocycles. The van der Waals surface area contributed by atoms with Crippen LogP contribution >= 0.6 is 11.6 Å². The van der Waals surface area contributed by atoms with Crippen molar-refractivity contribution in [3.8, 4) is 22.4 Å². The number of halogens is 1. The van der Waals surface area contributed by atoms with Gasteiger partial charge in [0.2, 0.25) is 5.91 Å². The van der Waals surface area contributed by atoms with Crippen LogP contribution in [0.3, 0.4) is 0 Å². The molecule has 0 atom stereocenters. The van der Waals surface area contributed by atoms with Gasteiger partial charge in [-0.15, -0.1) is 0 Å². The molecule has 0 bridgehead atoms. The fourth-order valence-corrected chi connectivity index (χ4v) is 3.40. The summed E-state index contributed by atoms with van der Waals surface area (Å²) < 4.78 is 0. The van der Waals surface area contributed by atoms with Crippen LogP contribution in [-0.2, 0) is 0 Å². The number of nitrogens with zero attached hydrogens (tertiary/aromatic N) is 2. The summed E-state index contributed by atoms with van der Waals surface area (Å²) >= 11 is 6.39. The monoisotopic (exact) mass is 428 g/mol. The summed E-state index contributed by atoms with van der Waals surface area (Å²) in [5, 5.41) is 3.31. The lowest BCUT2D eigenvalue weighted by molar-refractivity contribution is 0.0996. The van der Waals surface area contributed by atoms with Crippen LogP contribution < -0.4 is 11.1 Å². The molecule has 0 aliphatic rings. The average Bonchev–Trinajstić information content (AvgIpc) is 2.80. The first kappa shape index (κ1) is 20.3. The molecule has 2 heterocycles. The molecule has 4 aromatic rings. The Morgan fingerprint density at radius 1 is 0.903 bits per heavy atom. The summed E-state index contributed by atoms with van der Waals surface area (Å²) in [6.45, 7) is 0. The second-order valence-electron chi connectivity index (χ2n) is 6.73. The van der Waals surface area contributed by atoms with Gasteiger partial charge in [-0.2, -0.15) is 0 Å². The molecule has 0 spiro atoms. The van der Waals surface area contributed by atoms with E-state index in [0.717, 1.165) is 0 Å². The summed E-state index contributed by atoms with van der Waals surface area (Å²) in [6, 6.07) is 19.1. The van der Waals surface area contributed by atoms with E-state index in [1.807, 2.05) is 24.3 Å². The number of pyridine rings is 2. The highest BCUT2D eigenvalue weighted by atomic mass is 35.5. The first-order valence-corrected chi connectivity index (χ1v) is 9.77. The fourth-order valence-electron chi connectivity index (χ4n) is 3.19. The van der Waals surface area contributed by atoms with E-state index in [-0.39, 0.29) is 5.91 Å². The molecule has 0 fully saturated rings. The van der Waals surface area contributed by atoms with Gasteiger partial charge in [0.05, 0.1) is 17.6 Å². The fraction of sp³-hybridized carbons (Fsp3) is 0. The summed E-state index contributed by atoms with van der Waals surface area (Å²) in [7, 11) is 0. The molecule has 2 amide bonds. The predicted molar refractivity (Wildman–Crippen MR) is 121 cm³/mol. The Labute approximate surface area is 183 Å². The molecular formula is C24H17ClN4O2. The number of nitrogens with one attached hydrogen (secondary N) is 1. The number of anilines is 1. The minimum atomic E-state index is -0.594. The molecule has 0 saturated heterocycles. The Morgan fingerprint density at radius 3 is 2.48 bits per heavy atom.